The lowest BCUT2D eigenvalue weighted by molar-refractivity contribution is -0.870. The number of nitrogen functional groups attached to an aromatic ring is 1. The Balaban J connectivity index is 0.00000162. The summed E-state index contributed by atoms with van der Waals surface area (Å²) in [4.78, 5) is 0. The third-order valence-electron chi connectivity index (χ3n) is 2.55. The van der Waals surface area contributed by atoms with Gasteiger partial charge in [0.05, 0.1) is 26.7 Å². The molecule has 0 aliphatic carbocycles. The quantitative estimate of drug-likeness (QED) is 0.655. The Morgan fingerprint density at radius 2 is 2.06 bits per heavy atom. The fraction of sp³-hybridized carbons (Fsp3) is 0.417. The molecule has 2 N–H and O–H groups in total. The monoisotopic (exact) mass is 270 g/mol. The van der Waals surface area contributed by atoms with Crippen molar-refractivity contribution in [2.75, 3.05) is 40.0 Å². The van der Waals surface area contributed by atoms with E-state index in [0.29, 0.717) is 18.2 Å². The molecular weight excluding hydrogens is 252 g/mol. The second kappa shape index (κ2) is 5.46. The van der Waals surface area contributed by atoms with E-state index >= 15 is 0 Å². The van der Waals surface area contributed by atoms with Gasteiger partial charge in [0.1, 0.15) is 18.8 Å². The summed E-state index contributed by atoms with van der Waals surface area (Å²) in [6.07, 6.45) is 1.86. The molecule has 0 atom stereocenters. The number of likely N-dealkylation sites (N-methyl/N-ethyl adjacent to an activating group) is 1. The molecule has 0 aromatic carbocycles. The number of nitrogens with two attached hydrogens (primary N) is 1. The van der Waals surface area contributed by atoms with Crippen LogP contribution in [0.4, 0.5) is 5.69 Å². The van der Waals surface area contributed by atoms with Crippen LogP contribution < -0.4 is 22.9 Å². The van der Waals surface area contributed by atoms with Crippen molar-refractivity contribution in [1.29, 1.82) is 0 Å². The molecule has 6 heteroatoms. The summed E-state index contributed by atoms with van der Waals surface area (Å²) in [5.41, 5.74) is 7.46. The van der Waals surface area contributed by atoms with Gasteiger partial charge in [0.15, 0.2) is 0 Å². The molecule has 0 saturated heterocycles. The Morgan fingerprint density at radius 1 is 1.33 bits per heavy atom. The molecule has 0 radical (unpaired) electrons. The molecule has 5 nitrogen and oxygen atoms in total. The summed E-state index contributed by atoms with van der Waals surface area (Å²) in [6, 6.07) is 5.77. The third kappa shape index (κ3) is 3.27. The van der Waals surface area contributed by atoms with Crippen molar-refractivity contribution < 1.29 is 21.6 Å². The minimum atomic E-state index is 0. The molecule has 2 heterocycles. The van der Waals surface area contributed by atoms with Crippen LogP contribution in [0.5, 0.6) is 5.88 Å². The van der Waals surface area contributed by atoms with Crippen molar-refractivity contribution in [3.8, 4) is 5.88 Å². The van der Waals surface area contributed by atoms with E-state index in [1.165, 1.54) is 0 Å². The van der Waals surface area contributed by atoms with Gasteiger partial charge in [-0.2, -0.15) is 0 Å². The summed E-state index contributed by atoms with van der Waals surface area (Å²) in [5, 5.41) is 4.29. The predicted octanol–water partition coefficient (Wildman–Crippen LogP) is -1.99. The molecule has 0 spiro atoms. The second-order valence-electron chi connectivity index (χ2n) is 5.11. The first-order valence-corrected chi connectivity index (χ1v) is 5.63. The number of hydrogen-bond acceptors (Lipinski definition) is 3. The molecule has 18 heavy (non-hydrogen) atoms. The average molecular weight is 271 g/mol. The van der Waals surface area contributed by atoms with Crippen LogP contribution in [-0.2, 0) is 0 Å². The van der Waals surface area contributed by atoms with Gasteiger partial charge in [-0.1, -0.05) is 6.07 Å². The number of fused-ring (bicyclic) bond motifs is 1. The third-order valence-corrected chi connectivity index (χ3v) is 2.55. The number of rotatable bonds is 4. The summed E-state index contributed by atoms with van der Waals surface area (Å²) >= 11 is 0. The summed E-state index contributed by atoms with van der Waals surface area (Å²) in [5.74, 6) is 0.518. The fourth-order valence-corrected chi connectivity index (χ4v) is 1.52. The van der Waals surface area contributed by atoms with E-state index in [1.54, 1.807) is 4.52 Å². The average Bonchev–Trinajstić information content (AvgIpc) is 2.55. The number of ether oxygens (including phenoxy) is 1. The Bertz CT molecular complexity index is 518. The minimum absolute atomic E-state index is 0. The Labute approximate surface area is 113 Å². The van der Waals surface area contributed by atoms with E-state index in [0.717, 1.165) is 16.5 Å². The summed E-state index contributed by atoms with van der Waals surface area (Å²) in [6.45, 7) is 1.52. The van der Waals surface area contributed by atoms with Crippen molar-refractivity contribution in [2.24, 2.45) is 0 Å². The molecule has 2 aromatic heterocycles. The van der Waals surface area contributed by atoms with Crippen molar-refractivity contribution in [3.63, 3.8) is 0 Å². The van der Waals surface area contributed by atoms with Crippen LogP contribution in [0, 0.1) is 0 Å². The maximum atomic E-state index is 5.98. The van der Waals surface area contributed by atoms with Gasteiger partial charge >= 0.3 is 0 Å². The van der Waals surface area contributed by atoms with Crippen LogP contribution in [0.25, 0.3) is 5.52 Å². The second-order valence-corrected chi connectivity index (χ2v) is 5.11. The lowest BCUT2D eigenvalue weighted by Crippen LogP contribution is -3.00. The maximum absolute atomic E-state index is 5.98. The number of anilines is 1. The van der Waals surface area contributed by atoms with Gasteiger partial charge in [0.2, 0.25) is 0 Å². The lowest BCUT2D eigenvalue weighted by atomic mass is 10.4. The van der Waals surface area contributed by atoms with Crippen LogP contribution in [-0.4, -0.2) is 48.4 Å². The van der Waals surface area contributed by atoms with Crippen LogP contribution in [0.1, 0.15) is 0 Å². The van der Waals surface area contributed by atoms with Gasteiger partial charge in [-0.15, -0.1) is 5.10 Å². The molecular formula is C12H19ClN4O. The zero-order valence-corrected chi connectivity index (χ0v) is 11.7. The Morgan fingerprint density at radius 3 is 2.67 bits per heavy atom. The van der Waals surface area contributed by atoms with Crippen molar-refractivity contribution in [1.82, 2.24) is 9.61 Å². The molecule has 0 saturated carbocycles. The van der Waals surface area contributed by atoms with Gasteiger partial charge in [-0.3, -0.25) is 0 Å². The van der Waals surface area contributed by atoms with Gasteiger partial charge in [-0.05, 0) is 12.1 Å². The van der Waals surface area contributed by atoms with Crippen LogP contribution in [0.2, 0.25) is 0 Å². The van der Waals surface area contributed by atoms with Gasteiger partial charge in [0.25, 0.3) is 5.88 Å². The first kappa shape index (κ1) is 14.6. The van der Waals surface area contributed by atoms with Crippen LogP contribution in [0.3, 0.4) is 0 Å². The van der Waals surface area contributed by atoms with E-state index in [2.05, 4.69) is 26.2 Å². The zero-order chi connectivity index (χ0) is 12.5. The fourth-order valence-electron chi connectivity index (χ4n) is 1.52. The number of nitrogens with zero attached hydrogens (tertiary/aromatic N) is 3. The normalized spacial score (nSPS) is 11.3. The number of halogens is 1. The number of pyridine rings is 1. The highest BCUT2D eigenvalue weighted by molar-refractivity contribution is 5.74. The molecule has 0 unspecified atom stereocenters. The highest BCUT2D eigenvalue weighted by atomic mass is 35.5. The van der Waals surface area contributed by atoms with E-state index < -0.39 is 0 Å². The molecule has 0 aliphatic heterocycles. The van der Waals surface area contributed by atoms with Crippen LogP contribution >= 0.6 is 0 Å². The summed E-state index contributed by atoms with van der Waals surface area (Å²) < 4.78 is 8.21. The smallest absolute Gasteiger partial charge is 0.257 e. The van der Waals surface area contributed by atoms with Crippen LogP contribution in [0.15, 0.2) is 24.4 Å². The Kier molecular flexibility index (Phi) is 4.43. The molecule has 100 valence electrons. The van der Waals surface area contributed by atoms with Gasteiger partial charge in [-0.25, -0.2) is 4.52 Å². The van der Waals surface area contributed by atoms with E-state index in [9.17, 15) is 0 Å². The predicted molar refractivity (Wildman–Crippen MR) is 68.0 cm³/mol. The Hall–Kier alpha value is -1.46. The highest BCUT2D eigenvalue weighted by Crippen LogP contribution is 2.24. The minimum Gasteiger partial charge on any atom is -1.00 e. The van der Waals surface area contributed by atoms with E-state index in [-0.39, 0.29) is 12.4 Å². The van der Waals surface area contributed by atoms with Crippen molar-refractivity contribution in [3.05, 3.63) is 24.4 Å². The topological polar surface area (TPSA) is 52.5 Å². The highest BCUT2D eigenvalue weighted by Gasteiger charge is 2.12. The standard InChI is InChI=1S/C12H19N4O.ClH/c1-16(2,3)8-9-17-12-11(13)10-6-4-5-7-15(10)14-12;/h4-7H,8-9,13H2,1-3H3;1H/q+1;/p-1. The SMILES string of the molecule is C[N+](C)(C)CCOc1nn2ccccc2c1N.[Cl-]. The number of hydrogen-bond donors (Lipinski definition) is 1. The molecule has 0 aliphatic rings. The largest absolute Gasteiger partial charge is 1.00 e. The first-order chi connectivity index (χ1) is 7.97. The van der Waals surface area contributed by atoms with Gasteiger partial charge < -0.3 is 27.4 Å². The number of aromatic nitrogens is 2. The molecule has 0 fully saturated rings. The summed E-state index contributed by atoms with van der Waals surface area (Å²) in [7, 11) is 6.36. The van der Waals surface area contributed by atoms with Crippen molar-refractivity contribution in [2.45, 2.75) is 0 Å². The lowest BCUT2D eigenvalue weighted by Gasteiger charge is -2.23. The first-order valence-electron chi connectivity index (χ1n) is 5.63. The maximum Gasteiger partial charge on any atom is 0.257 e. The van der Waals surface area contributed by atoms with E-state index in [1.807, 2.05) is 24.4 Å². The van der Waals surface area contributed by atoms with Crippen molar-refractivity contribution >= 4 is 11.2 Å². The van der Waals surface area contributed by atoms with Gasteiger partial charge in [0, 0.05) is 6.20 Å². The molecule has 2 aromatic rings. The zero-order valence-electron chi connectivity index (χ0n) is 10.9. The molecule has 0 bridgehead atoms. The molecule has 0 amide bonds. The van der Waals surface area contributed by atoms with E-state index in [4.69, 9.17) is 10.5 Å². The number of quaternary nitrogens is 1. The molecule has 2 rings (SSSR count).